The Morgan fingerprint density at radius 3 is 2.61 bits per heavy atom. The van der Waals surface area contributed by atoms with Crippen molar-refractivity contribution in [3.8, 4) is 0 Å². The van der Waals surface area contributed by atoms with Gasteiger partial charge in [0.2, 0.25) is 0 Å². The molecule has 0 bridgehead atoms. The van der Waals surface area contributed by atoms with Crippen LogP contribution in [-0.2, 0) is 9.59 Å². The second kappa shape index (κ2) is 4.80. The molecular weight excluding hydrogens is 230 g/mol. The predicted octanol–water partition coefficient (Wildman–Crippen LogP) is 2.04. The Balaban J connectivity index is 2.31. The third-order valence-electron chi connectivity index (χ3n) is 3.59. The van der Waals surface area contributed by atoms with Crippen LogP contribution in [0.2, 0.25) is 0 Å². The zero-order valence-corrected chi connectivity index (χ0v) is 10.6. The first-order valence-corrected chi connectivity index (χ1v) is 6.06. The Kier molecular flexibility index (Phi) is 3.36. The lowest BCUT2D eigenvalue weighted by Gasteiger charge is -2.24. The quantitative estimate of drug-likeness (QED) is 0.884. The number of hydrogen-bond donors (Lipinski definition) is 1. The van der Waals surface area contributed by atoms with Gasteiger partial charge in [-0.25, -0.2) is 0 Å². The number of Topliss-reactive ketones (excluding diaryl/α,β-unsaturated/α-hetero) is 1. The summed E-state index contributed by atoms with van der Waals surface area (Å²) < 4.78 is 0. The maximum atomic E-state index is 11.5. The summed E-state index contributed by atoms with van der Waals surface area (Å²) in [5.74, 6) is -1.26. The average molecular weight is 247 g/mol. The first-order valence-electron chi connectivity index (χ1n) is 6.06. The second-order valence-electron chi connectivity index (χ2n) is 4.79. The fourth-order valence-electron chi connectivity index (χ4n) is 2.69. The minimum atomic E-state index is -0.819. The number of carbonyl (C=O) groups is 2. The molecule has 0 spiro atoms. The normalized spacial score (nSPS) is 21.8. The molecule has 2 unspecified atom stereocenters. The standard InChI is InChI=1S/C14H17NO3/c1-9(16)7-8-12-13(14(17)18)10-5-3-4-6-11(10)15(12)2/h3-6,12-13H,7-8H2,1-2H3,(H,17,18). The van der Waals surface area contributed by atoms with E-state index in [1.807, 2.05) is 36.2 Å². The van der Waals surface area contributed by atoms with E-state index in [1.54, 1.807) is 0 Å². The zero-order chi connectivity index (χ0) is 13.3. The summed E-state index contributed by atoms with van der Waals surface area (Å²) in [5.41, 5.74) is 1.81. The van der Waals surface area contributed by atoms with Crippen molar-refractivity contribution in [2.45, 2.75) is 31.7 Å². The van der Waals surface area contributed by atoms with Crippen molar-refractivity contribution in [3.05, 3.63) is 29.8 Å². The van der Waals surface area contributed by atoms with Crippen LogP contribution in [0.5, 0.6) is 0 Å². The number of para-hydroxylation sites is 1. The summed E-state index contributed by atoms with van der Waals surface area (Å²) in [4.78, 5) is 24.5. The molecule has 2 rings (SSSR count). The number of rotatable bonds is 4. The van der Waals surface area contributed by atoms with Gasteiger partial charge in [0.25, 0.3) is 0 Å². The summed E-state index contributed by atoms with van der Waals surface area (Å²) >= 11 is 0. The highest BCUT2D eigenvalue weighted by atomic mass is 16.4. The molecular formula is C14H17NO3. The predicted molar refractivity (Wildman–Crippen MR) is 68.9 cm³/mol. The van der Waals surface area contributed by atoms with Gasteiger partial charge in [-0.3, -0.25) is 4.79 Å². The van der Waals surface area contributed by atoms with Gasteiger partial charge in [-0.2, -0.15) is 0 Å². The number of carbonyl (C=O) groups excluding carboxylic acids is 1. The van der Waals surface area contributed by atoms with Crippen LogP contribution in [0.4, 0.5) is 5.69 Å². The van der Waals surface area contributed by atoms with Crippen molar-refractivity contribution < 1.29 is 14.7 Å². The van der Waals surface area contributed by atoms with E-state index >= 15 is 0 Å². The van der Waals surface area contributed by atoms with Crippen LogP contribution >= 0.6 is 0 Å². The molecule has 0 saturated heterocycles. The van der Waals surface area contributed by atoms with Gasteiger partial charge in [-0.1, -0.05) is 18.2 Å². The molecule has 0 amide bonds. The number of ketones is 1. The van der Waals surface area contributed by atoms with Crippen LogP contribution in [0.15, 0.2) is 24.3 Å². The number of anilines is 1. The smallest absolute Gasteiger partial charge is 0.313 e. The SMILES string of the molecule is CC(=O)CCC1C(C(=O)O)c2ccccc2N1C. The number of benzene rings is 1. The van der Waals surface area contributed by atoms with Gasteiger partial charge in [0.15, 0.2) is 0 Å². The molecule has 0 saturated carbocycles. The molecule has 1 aromatic carbocycles. The molecule has 1 aliphatic heterocycles. The van der Waals surface area contributed by atoms with Gasteiger partial charge in [0.1, 0.15) is 11.7 Å². The van der Waals surface area contributed by atoms with Crippen molar-refractivity contribution in [1.29, 1.82) is 0 Å². The number of carboxylic acids is 1. The van der Waals surface area contributed by atoms with Crippen molar-refractivity contribution >= 4 is 17.4 Å². The molecule has 0 aromatic heterocycles. The Hall–Kier alpha value is -1.84. The van der Waals surface area contributed by atoms with Crippen LogP contribution < -0.4 is 4.90 Å². The highest BCUT2D eigenvalue weighted by molar-refractivity contribution is 5.84. The number of likely N-dealkylation sites (N-methyl/N-ethyl adjacent to an activating group) is 1. The Morgan fingerprint density at radius 2 is 2.00 bits per heavy atom. The van der Waals surface area contributed by atoms with E-state index in [0.717, 1.165) is 11.3 Å². The minimum Gasteiger partial charge on any atom is -0.481 e. The lowest BCUT2D eigenvalue weighted by molar-refractivity contribution is -0.139. The maximum Gasteiger partial charge on any atom is 0.313 e. The molecule has 96 valence electrons. The third kappa shape index (κ3) is 2.10. The topological polar surface area (TPSA) is 57.6 Å². The van der Waals surface area contributed by atoms with Crippen LogP contribution in [-0.4, -0.2) is 29.9 Å². The van der Waals surface area contributed by atoms with Gasteiger partial charge in [0, 0.05) is 25.2 Å². The van der Waals surface area contributed by atoms with Gasteiger partial charge >= 0.3 is 5.97 Å². The van der Waals surface area contributed by atoms with Crippen molar-refractivity contribution in [2.24, 2.45) is 0 Å². The van der Waals surface area contributed by atoms with Crippen LogP contribution in [0.1, 0.15) is 31.2 Å². The minimum absolute atomic E-state index is 0.100. The average Bonchev–Trinajstić information content (AvgIpc) is 2.60. The molecule has 1 aromatic rings. The molecule has 0 fully saturated rings. The number of carboxylic acid groups (broad SMARTS) is 1. The van der Waals surface area contributed by atoms with Gasteiger partial charge in [-0.05, 0) is 25.0 Å². The van der Waals surface area contributed by atoms with E-state index in [2.05, 4.69) is 0 Å². The molecule has 1 N–H and O–H groups in total. The summed E-state index contributed by atoms with van der Waals surface area (Å²) in [7, 11) is 1.90. The van der Waals surface area contributed by atoms with Crippen LogP contribution in [0.25, 0.3) is 0 Å². The van der Waals surface area contributed by atoms with E-state index in [9.17, 15) is 14.7 Å². The fourth-order valence-corrected chi connectivity index (χ4v) is 2.69. The second-order valence-corrected chi connectivity index (χ2v) is 4.79. The summed E-state index contributed by atoms with van der Waals surface area (Å²) in [6.45, 7) is 1.54. The van der Waals surface area contributed by atoms with E-state index in [4.69, 9.17) is 0 Å². The number of nitrogens with zero attached hydrogens (tertiary/aromatic N) is 1. The van der Waals surface area contributed by atoms with Crippen LogP contribution in [0.3, 0.4) is 0 Å². The lowest BCUT2D eigenvalue weighted by atomic mass is 9.92. The lowest BCUT2D eigenvalue weighted by Crippen LogP contribution is -2.34. The molecule has 0 aliphatic carbocycles. The Morgan fingerprint density at radius 1 is 1.33 bits per heavy atom. The first kappa shape index (κ1) is 12.6. The summed E-state index contributed by atoms with van der Waals surface area (Å²) in [5, 5.41) is 9.40. The highest BCUT2D eigenvalue weighted by Crippen LogP contribution is 2.41. The molecule has 1 aliphatic rings. The van der Waals surface area contributed by atoms with Crippen LogP contribution in [0, 0.1) is 0 Å². The molecule has 4 heteroatoms. The maximum absolute atomic E-state index is 11.5. The van der Waals surface area contributed by atoms with E-state index in [0.29, 0.717) is 12.8 Å². The van der Waals surface area contributed by atoms with Crippen molar-refractivity contribution in [1.82, 2.24) is 0 Å². The first-order chi connectivity index (χ1) is 8.52. The monoisotopic (exact) mass is 247 g/mol. The molecule has 2 atom stereocenters. The van der Waals surface area contributed by atoms with Gasteiger partial charge < -0.3 is 14.8 Å². The number of fused-ring (bicyclic) bond motifs is 1. The van der Waals surface area contributed by atoms with E-state index in [-0.39, 0.29) is 11.8 Å². The van der Waals surface area contributed by atoms with Gasteiger partial charge in [-0.15, -0.1) is 0 Å². The zero-order valence-electron chi connectivity index (χ0n) is 10.6. The molecule has 18 heavy (non-hydrogen) atoms. The van der Waals surface area contributed by atoms with Crippen molar-refractivity contribution in [3.63, 3.8) is 0 Å². The summed E-state index contributed by atoms with van der Waals surface area (Å²) in [6, 6.07) is 7.42. The largest absolute Gasteiger partial charge is 0.481 e. The molecule has 0 radical (unpaired) electrons. The van der Waals surface area contributed by atoms with E-state index in [1.165, 1.54) is 6.92 Å². The van der Waals surface area contributed by atoms with Gasteiger partial charge in [0.05, 0.1) is 0 Å². The number of aliphatic carboxylic acids is 1. The Labute approximate surface area is 106 Å². The van der Waals surface area contributed by atoms with E-state index < -0.39 is 11.9 Å². The summed E-state index contributed by atoms with van der Waals surface area (Å²) in [6.07, 6.45) is 1.00. The third-order valence-corrected chi connectivity index (χ3v) is 3.59. The Bertz CT molecular complexity index is 484. The highest BCUT2D eigenvalue weighted by Gasteiger charge is 2.40. The fraction of sp³-hybridized carbons (Fsp3) is 0.429. The van der Waals surface area contributed by atoms with Crippen molar-refractivity contribution in [2.75, 3.05) is 11.9 Å². The molecule has 1 heterocycles. The number of hydrogen-bond acceptors (Lipinski definition) is 3. The molecule has 4 nitrogen and oxygen atoms in total.